The van der Waals surface area contributed by atoms with Crippen LogP contribution in [0.4, 0.5) is 0 Å². The Hall–Kier alpha value is -0.650. The van der Waals surface area contributed by atoms with Gasteiger partial charge in [-0.05, 0) is 6.42 Å². The van der Waals surface area contributed by atoms with Crippen molar-refractivity contribution in [2.45, 2.75) is 71.1 Å². The molecule has 148 valence electrons. The minimum Gasteiger partial charge on any atom is -0.464 e. The fourth-order valence-electron chi connectivity index (χ4n) is 2.99. The van der Waals surface area contributed by atoms with E-state index in [-0.39, 0.29) is 12.6 Å². The Balaban J connectivity index is 1.76. The molecule has 0 unspecified atom stereocenters. The third kappa shape index (κ3) is 14.2. The third-order valence-corrected chi connectivity index (χ3v) is 4.64. The van der Waals surface area contributed by atoms with Crippen molar-refractivity contribution in [2.24, 2.45) is 0 Å². The topological polar surface area (TPSA) is 48.0 Å². The molecule has 0 spiro atoms. The summed E-state index contributed by atoms with van der Waals surface area (Å²) in [7, 11) is 0. The fourth-order valence-corrected chi connectivity index (χ4v) is 2.99. The molecule has 1 aliphatic rings. The molecule has 0 aliphatic carbocycles. The van der Waals surface area contributed by atoms with Crippen LogP contribution >= 0.6 is 0 Å². The molecular formula is C20H39NO4. The molecule has 0 N–H and O–H groups in total. The molecule has 0 atom stereocenters. The van der Waals surface area contributed by atoms with E-state index < -0.39 is 0 Å². The van der Waals surface area contributed by atoms with Gasteiger partial charge in [0.2, 0.25) is 0 Å². The van der Waals surface area contributed by atoms with E-state index in [1.165, 1.54) is 51.4 Å². The summed E-state index contributed by atoms with van der Waals surface area (Å²) in [6, 6.07) is 0. The van der Waals surface area contributed by atoms with E-state index >= 15 is 0 Å². The normalized spacial score (nSPS) is 15.4. The monoisotopic (exact) mass is 357 g/mol. The standard InChI is InChI=1S/C20H39NO4/c1-2-3-4-5-6-7-8-9-10-11-15-25-20(22)19-24-18-14-21-12-16-23-17-13-21/h2-19H2,1H3. The summed E-state index contributed by atoms with van der Waals surface area (Å²) >= 11 is 0. The highest BCUT2D eigenvalue weighted by molar-refractivity contribution is 5.70. The highest BCUT2D eigenvalue weighted by Gasteiger charge is 2.10. The van der Waals surface area contributed by atoms with Crippen molar-refractivity contribution in [1.29, 1.82) is 0 Å². The first-order chi connectivity index (χ1) is 12.3. The summed E-state index contributed by atoms with van der Waals surface area (Å²) in [6.07, 6.45) is 12.9. The van der Waals surface area contributed by atoms with E-state index in [1.807, 2.05) is 0 Å². The minimum absolute atomic E-state index is 0.0715. The van der Waals surface area contributed by atoms with Crippen LogP contribution < -0.4 is 0 Å². The number of hydrogen-bond acceptors (Lipinski definition) is 5. The number of unbranched alkanes of at least 4 members (excludes halogenated alkanes) is 9. The number of carbonyl (C=O) groups is 1. The van der Waals surface area contributed by atoms with Gasteiger partial charge in [0, 0.05) is 19.6 Å². The zero-order valence-corrected chi connectivity index (χ0v) is 16.3. The lowest BCUT2D eigenvalue weighted by Crippen LogP contribution is -2.38. The van der Waals surface area contributed by atoms with Gasteiger partial charge in [0.25, 0.3) is 0 Å². The number of rotatable bonds is 16. The zero-order chi connectivity index (χ0) is 18.0. The van der Waals surface area contributed by atoms with E-state index in [4.69, 9.17) is 14.2 Å². The Kier molecular flexibility index (Phi) is 15.0. The molecule has 1 saturated heterocycles. The molecule has 0 aromatic rings. The summed E-state index contributed by atoms with van der Waals surface area (Å²) in [5.41, 5.74) is 0. The molecule has 0 bridgehead atoms. The molecule has 0 saturated carbocycles. The quantitative estimate of drug-likeness (QED) is 0.311. The van der Waals surface area contributed by atoms with Crippen LogP contribution in [0.2, 0.25) is 0 Å². The van der Waals surface area contributed by atoms with Crippen LogP contribution in [0.3, 0.4) is 0 Å². The van der Waals surface area contributed by atoms with Gasteiger partial charge < -0.3 is 14.2 Å². The van der Waals surface area contributed by atoms with Crippen LogP contribution in [0.1, 0.15) is 71.1 Å². The van der Waals surface area contributed by atoms with Crippen LogP contribution in [-0.2, 0) is 19.0 Å². The van der Waals surface area contributed by atoms with Gasteiger partial charge in [-0.25, -0.2) is 4.79 Å². The maximum atomic E-state index is 11.6. The van der Waals surface area contributed by atoms with Gasteiger partial charge in [-0.1, -0.05) is 64.7 Å². The molecule has 0 aromatic heterocycles. The molecular weight excluding hydrogens is 318 g/mol. The van der Waals surface area contributed by atoms with Crippen molar-refractivity contribution in [1.82, 2.24) is 4.90 Å². The van der Waals surface area contributed by atoms with E-state index in [9.17, 15) is 4.79 Å². The third-order valence-electron chi connectivity index (χ3n) is 4.64. The van der Waals surface area contributed by atoms with Gasteiger partial charge >= 0.3 is 5.97 Å². The number of esters is 1. The number of ether oxygens (including phenoxy) is 3. The number of morpholine rings is 1. The smallest absolute Gasteiger partial charge is 0.332 e. The minimum atomic E-state index is -0.238. The first-order valence-electron chi connectivity index (χ1n) is 10.4. The van der Waals surface area contributed by atoms with Gasteiger partial charge in [-0.15, -0.1) is 0 Å². The summed E-state index contributed by atoms with van der Waals surface area (Å²) in [5, 5.41) is 0. The van der Waals surface area contributed by atoms with E-state index in [0.717, 1.165) is 45.7 Å². The highest BCUT2D eigenvalue weighted by atomic mass is 16.6. The van der Waals surface area contributed by atoms with Crippen molar-refractivity contribution in [3.63, 3.8) is 0 Å². The first-order valence-corrected chi connectivity index (χ1v) is 10.4. The Labute approximate surface area is 154 Å². The molecule has 0 radical (unpaired) electrons. The van der Waals surface area contributed by atoms with E-state index in [1.54, 1.807) is 0 Å². The summed E-state index contributed by atoms with van der Waals surface area (Å²) in [5.74, 6) is -0.238. The lowest BCUT2D eigenvalue weighted by Gasteiger charge is -2.26. The summed E-state index contributed by atoms with van der Waals surface area (Å²) in [6.45, 7) is 7.78. The molecule has 1 aliphatic heterocycles. The average Bonchev–Trinajstić information content (AvgIpc) is 2.64. The van der Waals surface area contributed by atoms with Crippen LogP contribution in [0.15, 0.2) is 0 Å². The van der Waals surface area contributed by atoms with Crippen molar-refractivity contribution >= 4 is 5.97 Å². The van der Waals surface area contributed by atoms with Gasteiger partial charge in [0.15, 0.2) is 0 Å². The summed E-state index contributed by atoms with van der Waals surface area (Å²) < 4.78 is 15.9. The van der Waals surface area contributed by atoms with Crippen LogP contribution in [-0.4, -0.2) is 63.5 Å². The number of nitrogens with zero attached hydrogens (tertiary/aromatic N) is 1. The average molecular weight is 358 g/mol. The Morgan fingerprint density at radius 3 is 2.12 bits per heavy atom. The zero-order valence-electron chi connectivity index (χ0n) is 16.3. The number of hydrogen-bond donors (Lipinski definition) is 0. The molecule has 1 fully saturated rings. The molecule has 1 rings (SSSR count). The van der Waals surface area contributed by atoms with Crippen molar-refractivity contribution < 1.29 is 19.0 Å². The predicted molar refractivity (Wildman–Crippen MR) is 101 cm³/mol. The fraction of sp³-hybridized carbons (Fsp3) is 0.950. The van der Waals surface area contributed by atoms with Gasteiger partial charge in [0.05, 0.1) is 26.4 Å². The molecule has 25 heavy (non-hydrogen) atoms. The Morgan fingerprint density at radius 1 is 0.880 bits per heavy atom. The van der Waals surface area contributed by atoms with Gasteiger partial charge in [0.1, 0.15) is 6.61 Å². The van der Waals surface area contributed by atoms with Crippen molar-refractivity contribution in [3.8, 4) is 0 Å². The molecule has 0 aromatic carbocycles. The van der Waals surface area contributed by atoms with Crippen LogP contribution in [0.5, 0.6) is 0 Å². The second kappa shape index (κ2) is 16.8. The predicted octanol–water partition coefficient (Wildman–Crippen LogP) is 3.80. The van der Waals surface area contributed by atoms with Gasteiger partial charge in [-0.2, -0.15) is 0 Å². The largest absolute Gasteiger partial charge is 0.464 e. The maximum absolute atomic E-state index is 11.6. The maximum Gasteiger partial charge on any atom is 0.332 e. The van der Waals surface area contributed by atoms with Crippen molar-refractivity contribution in [3.05, 3.63) is 0 Å². The molecule has 0 amide bonds. The van der Waals surface area contributed by atoms with Gasteiger partial charge in [-0.3, -0.25) is 4.90 Å². The second-order valence-electron chi connectivity index (χ2n) is 6.91. The Bertz CT molecular complexity index is 306. The number of carbonyl (C=O) groups excluding carboxylic acids is 1. The SMILES string of the molecule is CCCCCCCCCCCCOC(=O)COCCN1CCOCC1. The highest BCUT2D eigenvalue weighted by Crippen LogP contribution is 2.10. The second-order valence-corrected chi connectivity index (χ2v) is 6.91. The van der Waals surface area contributed by atoms with Crippen LogP contribution in [0, 0.1) is 0 Å². The Morgan fingerprint density at radius 2 is 1.48 bits per heavy atom. The lowest BCUT2D eigenvalue weighted by molar-refractivity contribution is -0.149. The summed E-state index contributed by atoms with van der Waals surface area (Å²) in [4.78, 5) is 13.9. The van der Waals surface area contributed by atoms with Crippen LogP contribution in [0.25, 0.3) is 0 Å². The molecule has 1 heterocycles. The lowest BCUT2D eigenvalue weighted by atomic mass is 10.1. The first kappa shape index (κ1) is 22.4. The van der Waals surface area contributed by atoms with E-state index in [0.29, 0.717) is 13.2 Å². The molecule has 5 heteroatoms. The van der Waals surface area contributed by atoms with Crippen molar-refractivity contribution in [2.75, 3.05) is 52.7 Å². The molecule has 5 nitrogen and oxygen atoms in total. The van der Waals surface area contributed by atoms with E-state index in [2.05, 4.69) is 11.8 Å².